The Balaban J connectivity index is 2.21. The molecule has 1 N–H and O–H groups in total. The van der Waals surface area contributed by atoms with E-state index in [0.29, 0.717) is 0 Å². The first-order chi connectivity index (χ1) is 12.4. The number of hydrogen-bond donors (Lipinski definition) is 1. The molecule has 0 bridgehead atoms. The van der Waals surface area contributed by atoms with Crippen LogP contribution in [0.3, 0.4) is 0 Å². The van der Waals surface area contributed by atoms with Crippen LogP contribution in [0.2, 0.25) is 0 Å². The largest absolute Gasteiger partial charge is 0.465 e. The molecule has 1 amide bonds. The molecule has 0 aromatic heterocycles. The van der Waals surface area contributed by atoms with Crippen LogP contribution in [-0.2, 0) is 14.3 Å². The Labute approximate surface area is 158 Å². The van der Waals surface area contributed by atoms with Gasteiger partial charge in [0.05, 0.1) is 25.3 Å². The number of ether oxygens (including phenoxy) is 2. The Kier molecular flexibility index (Phi) is 6.68. The van der Waals surface area contributed by atoms with E-state index >= 15 is 0 Å². The van der Waals surface area contributed by atoms with Gasteiger partial charge >= 0.3 is 11.9 Å². The van der Waals surface area contributed by atoms with Crippen LogP contribution in [0.15, 0.2) is 53.0 Å². The molecule has 6 nitrogen and oxygen atoms in total. The molecule has 2 rings (SSSR count). The molecular formula is C19H16BrNO5. The van der Waals surface area contributed by atoms with Crippen molar-refractivity contribution in [2.24, 2.45) is 0 Å². The van der Waals surface area contributed by atoms with E-state index < -0.39 is 17.8 Å². The number of benzene rings is 2. The highest BCUT2D eigenvalue weighted by atomic mass is 79.9. The van der Waals surface area contributed by atoms with Crippen LogP contribution in [0, 0.1) is 0 Å². The molecule has 0 atom stereocenters. The number of nitrogens with one attached hydrogen (secondary N) is 1. The van der Waals surface area contributed by atoms with Gasteiger partial charge in [-0.1, -0.05) is 28.1 Å². The summed E-state index contributed by atoms with van der Waals surface area (Å²) in [5, 5.41) is 2.61. The van der Waals surface area contributed by atoms with Crippen molar-refractivity contribution in [1.82, 2.24) is 0 Å². The first-order valence-electron chi connectivity index (χ1n) is 7.49. The third kappa shape index (κ3) is 5.29. The van der Waals surface area contributed by atoms with E-state index in [1.807, 2.05) is 24.3 Å². The molecule has 0 aliphatic rings. The highest BCUT2D eigenvalue weighted by Crippen LogP contribution is 2.17. The molecule has 134 valence electrons. The molecular weight excluding hydrogens is 402 g/mol. The van der Waals surface area contributed by atoms with Crippen LogP contribution < -0.4 is 5.32 Å². The number of carbonyl (C=O) groups excluding carboxylic acids is 3. The van der Waals surface area contributed by atoms with Gasteiger partial charge in [-0.05, 0) is 42.0 Å². The highest BCUT2D eigenvalue weighted by molar-refractivity contribution is 9.10. The summed E-state index contributed by atoms with van der Waals surface area (Å²) in [4.78, 5) is 35.6. The van der Waals surface area contributed by atoms with Crippen molar-refractivity contribution in [1.29, 1.82) is 0 Å². The van der Waals surface area contributed by atoms with Gasteiger partial charge in [0.25, 0.3) is 0 Å². The molecule has 0 radical (unpaired) electrons. The second kappa shape index (κ2) is 8.96. The van der Waals surface area contributed by atoms with Gasteiger partial charge in [-0.2, -0.15) is 0 Å². The number of hydrogen-bond acceptors (Lipinski definition) is 5. The summed E-state index contributed by atoms with van der Waals surface area (Å²) >= 11 is 3.34. The van der Waals surface area contributed by atoms with Gasteiger partial charge in [0, 0.05) is 16.2 Å². The minimum absolute atomic E-state index is 0.127. The third-order valence-electron chi connectivity index (χ3n) is 3.34. The van der Waals surface area contributed by atoms with E-state index in [2.05, 4.69) is 30.7 Å². The zero-order chi connectivity index (χ0) is 19.1. The predicted molar refractivity (Wildman–Crippen MR) is 101 cm³/mol. The van der Waals surface area contributed by atoms with Crippen molar-refractivity contribution in [3.63, 3.8) is 0 Å². The van der Waals surface area contributed by atoms with E-state index in [1.54, 1.807) is 6.08 Å². The minimum atomic E-state index is -0.628. The predicted octanol–water partition coefficient (Wildman–Crippen LogP) is 3.67. The monoisotopic (exact) mass is 417 g/mol. The summed E-state index contributed by atoms with van der Waals surface area (Å²) in [5.74, 6) is -1.67. The molecule has 0 unspecified atom stereocenters. The standard InChI is InChI=1S/C19H16BrNO5/c1-25-18(23)13-9-14(19(24)26-2)11-16(10-13)21-17(22)8-5-12-3-6-15(20)7-4-12/h3-11H,1-2H3,(H,21,22). The van der Waals surface area contributed by atoms with Gasteiger partial charge in [-0.15, -0.1) is 0 Å². The van der Waals surface area contributed by atoms with Crippen molar-refractivity contribution in [2.45, 2.75) is 0 Å². The fourth-order valence-corrected chi connectivity index (χ4v) is 2.37. The maximum absolute atomic E-state index is 12.1. The molecule has 0 heterocycles. The topological polar surface area (TPSA) is 81.7 Å². The maximum atomic E-state index is 12.1. The minimum Gasteiger partial charge on any atom is -0.465 e. The van der Waals surface area contributed by atoms with Gasteiger partial charge in [0.2, 0.25) is 5.91 Å². The van der Waals surface area contributed by atoms with Crippen molar-refractivity contribution < 1.29 is 23.9 Å². The molecule has 0 spiro atoms. The van der Waals surface area contributed by atoms with Gasteiger partial charge < -0.3 is 14.8 Å². The number of methoxy groups -OCH3 is 2. The molecule has 2 aromatic carbocycles. The summed E-state index contributed by atoms with van der Waals surface area (Å²) in [7, 11) is 2.46. The number of rotatable bonds is 5. The Hall–Kier alpha value is -2.93. The second-order valence-corrected chi connectivity index (χ2v) is 6.07. The zero-order valence-corrected chi connectivity index (χ0v) is 15.7. The average Bonchev–Trinajstić information content (AvgIpc) is 2.65. The molecule has 0 aliphatic heterocycles. The first kappa shape index (κ1) is 19.4. The van der Waals surface area contributed by atoms with Crippen molar-refractivity contribution in [3.8, 4) is 0 Å². The lowest BCUT2D eigenvalue weighted by Crippen LogP contribution is -2.12. The van der Waals surface area contributed by atoms with Gasteiger partial charge in [-0.25, -0.2) is 9.59 Å². The van der Waals surface area contributed by atoms with Gasteiger partial charge in [0.15, 0.2) is 0 Å². The number of halogens is 1. The van der Waals surface area contributed by atoms with Gasteiger partial charge in [0.1, 0.15) is 0 Å². The van der Waals surface area contributed by atoms with Crippen LogP contribution in [-0.4, -0.2) is 32.1 Å². The molecule has 0 saturated carbocycles. The molecule has 26 heavy (non-hydrogen) atoms. The SMILES string of the molecule is COC(=O)c1cc(NC(=O)C=Cc2ccc(Br)cc2)cc(C(=O)OC)c1. The molecule has 0 fully saturated rings. The lowest BCUT2D eigenvalue weighted by atomic mass is 10.1. The lowest BCUT2D eigenvalue weighted by molar-refractivity contribution is -0.111. The Morgan fingerprint density at radius 2 is 1.46 bits per heavy atom. The number of amides is 1. The van der Waals surface area contributed by atoms with Crippen LogP contribution >= 0.6 is 15.9 Å². The maximum Gasteiger partial charge on any atom is 0.337 e. The van der Waals surface area contributed by atoms with Crippen molar-refractivity contribution >= 4 is 45.5 Å². The number of carbonyl (C=O) groups is 3. The Morgan fingerprint density at radius 1 is 0.923 bits per heavy atom. The molecule has 7 heteroatoms. The smallest absolute Gasteiger partial charge is 0.337 e. The third-order valence-corrected chi connectivity index (χ3v) is 3.87. The zero-order valence-electron chi connectivity index (χ0n) is 14.1. The van der Waals surface area contributed by atoms with E-state index in [9.17, 15) is 14.4 Å². The second-order valence-electron chi connectivity index (χ2n) is 5.16. The quantitative estimate of drug-likeness (QED) is 0.592. The van der Waals surface area contributed by atoms with Crippen LogP contribution in [0.4, 0.5) is 5.69 Å². The lowest BCUT2D eigenvalue weighted by Gasteiger charge is -2.08. The highest BCUT2D eigenvalue weighted by Gasteiger charge is 2.14. The van der Waals surface area contributed by atoms with Crippen molar-refractivity contribution in [3.05, 3.63) is 69.7 Å². The average molecular weight is 418 g/mol. The first-order valence-corrected chi connectivity index (χ1v) is 8.28. The van der Waals surface area contributed by atoms with E-state index in [0.717, 1.165) is 10.0 Å². The summed E-state index contributed by atoms with van der Waals surface area (Å²) in [6, 6.07) is 11.6. The number of esters is 2. The Morgan fingerprint density at radius 3 is 1.96 bits per heavy atom. The van der Waals surface area contributed by atoms with Gasteiger partial charge in [-0.3, -0.25) is 4.79 Å². The normalized spacial score (nSPS) is 10.4. The van der Waals surface area contributed by atoms with E-state index in [-0.39, 0.29) is 16.8 Å². The van der Waals surface area contributed by atoms with Crippen LogP contribution in [0.25, 0.3) is 6.08 Å². The number of anilines is 1. The fourth-order valence-electron chi connectivity index (χ4n) is 2.10. The summed E-state index contributed by atoms with van der Waals surface area (Å²) in [5.41, 5.74) is 1.38. The summed E-state index contributed by atoms with van der Waals surface area (Å²) in [6.45, 7) is 0. The van der Waals surface area contributed by atoms with Crippen LogP contribution in [0.1, 0.15) is 26.3 Å². The molecule has 2 aromatic rings. The Bertz CT molecular complexity index is 824. The van der Waals surface area contributed by atoms with Crippen LogP contribution in [0.5, 0.6) is 0 Å². The summed E-state index contributed by atoms with van der Waals surface area (Å²) in [6.07, 6.45) is 3.00. The molecule has 0 saturated heterocycles. The summed E-state index contributed by atoms with van der Waals surface area (Å²) < 4.78 is 10.3. The van der Waals surface area contributed by atoms with E-state index in [1.165, 1.54) is 38.5 Å². The molecule has 0 aliphatic carbocycles. The fraction of sp³-hybridized carbons (Fsp3) is 0.105. The van der Waals surface area contributed by atoms with Crippen molar-refractivity contribution in [2.75, 3.05) is 19.5 Å². The van der Waals surface area contributed by atoms with E-state index in [4.69, 9.17) is 0 Å².